The molecule has 0 saturated heterocycles. The molecular weight excluding hydrogens is 597 g/mol. The zero-order valence-electron chi connectivity index (χ0n) is 26.7. The molecule has 2 heterocycles. The minimum atomic E-state index is 0.548. The molecule has 0 aliphatic heterocycles. The average molecular weight is 627 g/mol. The maximum absolute atomic E-state index is 5.19. The minimum Gasteiger partial charge on any atom is -0.244 e. The summed E-state index contributed by atoms with van der Waals surface area (Å²) in [6.07, 6.45) is 0.839. The highest BCUT2D eigenvalue weighted by molar-refractivity contribution is 5.89. The molecule has 0 amide bonds. The van der Waals surface area contributed by atoms with Crippen molar-refractivity contribution < 1.29 is 0 Å². The van der Waals surface area contributed by atoms with Crippen LogP contribution in [-0.4, -0.2) is 19.9 Å². The molecule has 9 rings (SSSR count). The summed E-state index contributed by atoms with van der Waals surface area (Å²) >= 11 is 0. The van der Waals surface area contributed by atoms with Gasteiger partial charge >= 0.3 is 0 Å². The Morgan fingerprint density at radius 2 is 0.694 bits per heavy atom. The van der Waals surface area contributed by atoms with E-state index < -0.39 is 0 Å². The van der Waals surface area contributed by atoms with E-state index in [-0.39, 0.29) is 0 Å². The lowest BCUT2D eigenvalue weighted by Gasteiger charge is -2.11. The van der Waals surface area contributed by atoms with E-state index in [1.165, 1.54) is 44.5 Å². The van der Waals surface area contributed by atoms with Crippen LogP contribution >= 0.6 is 0 Å². The van der Waals surface area contributed by atoms with E-state index in [4.69, 9.17) is 19.9 Å². The van der Waals surface area contributed by atoms with Gasteiger partial charge in [-0.05, 0) is 63.1 Å². The van der Waals surface area contributed by atoms with Crippen LogP contribution in [0.2, 0.25) is 0 Å². The van der Waals surface area contributed by atoms with Gasteiger partial charge in [0.15, 0.2) is 17.5 Å². The molecule has 0 fully saturated rings. The van der Waals surface area contributed by atoms with E-state index in [0.29, 0.717) is 23.2 Å². The van der Waals surface area contributed by atoms with E-state index in [0.717, 1.165) is 28.8 Å². The molecule has 0 radical (unpaired) electrons. The Hall–Kier alpha value is -6.52. The van der Waals surface area contributed by atoms with Gasteiger partial charge in [0, 0.05) is 16.7 Å². The van der Waals surface area contributed by atoms with E-state index >= 15 is 0 Å². The molecule has 8 aromatic rings. The molecule has 0 bridgehead atoms. The Kier molecular flexibility index (Phi) is 7.17. The van der Waals surface area contributed by atoms with Crippen molar-refractivity contribution in [3.05, 3.63) is 181 Å². The molecule has 0 unspecified atom stereocenters. The van der Waals surface area contributed by atoms with Gasteiger partial charge in [-0.2, -0.15) is 0 Å². The second-order valence-electron chi connectivity index (χ2n) is 12.2. The second kappa shape index (κ2) is 12.3. The highest BCUT2D eigenvalue weighted by Gasteiger charge is 2.25. The Morgan fingerprint density at radius 1 is 0.265 bits per heavy atom. The van der Waals surface area contributed by atoms with Gasteiger partial charge in [-0.3, -0.25) is 0 Å². The third kappa shape index (κ3) is 5.39. The molecule has 2 aromatic heterocycles. The van der Waals surface area contributed by atoms with Crippen molar-refractivity contribution in [3.63, 3.8) is 0 Å². The lowest BCUT2D eigenvalue weighted by Crippen LogP contribution is -2.01. The summed E-state index contributed by atoms with van der Waals surface area (Å²) in [7, 11) is 0. The Bertz CT molecular complexity index is 2380. The number of hydrogen-bond acceptors (Lipinski definition) is 4. The first-order chi connectivity index (χ1) is 24.3. The third-order valence-corrected chi connectivity index (χ3v) is 9.25. The zero-order chi connectivity index (χ0) is 32.6. The first-order valence-corrected chi connectivity index (χ1v) is 16.5. The Morgan fingerprint density at radius 3 is 1.31 bits per heavy atom. The fourth-order valence-electron chi connectivity index (χ4n) is 6.85. The number of aromatic nitrogens is 4. The first-order valence-electron chi connectivity index (χ1n) is 16.5. The van der Waals surface area contributed by atoms with Gasteiger partial charge in [0.25, 0.3) is 0 Å². The summed E-state index contributed by atoms with van der Waals surface area (Å²) in [5.41, 5.74) is 14.7. The molecule has 0 saturated carbocycles. The van der Waals surface area contributed by atoms with Crippen molar-refractivity contribution >= 4 is 0 Å². The van der Waals surface area contributed by atoms with E-state index in [1.54, 1.807) is 0 Å². The van der Waals surface area contributed by atoms with Crippen LogP contribution in [0.25, 0.3) is 78.9 Å². The predicted octanol–water partition coefficient (Wildman–Crippen LogP) is 10.8. The molecule has 1 aliphatic carbocycles. The first kappa shape index (κ1) is 28.7. The number of rotatable bonds is 6. The van der Waals surface area contributed by atoms with Gasteiger partial charge in [0.1, 0.15) is 5.69 Å². The molecule has 0 atom stereocenters. The quantitative estimate of drug-likeness (QED) is 0.184. The minimum absolute atomic E-state index is 0.548. The van der Waals surface area contributed by atoms with E-state index in [2.05, 4.69) is 97.1 Å². The van der Waals surface area contributed by atoms with Crippen LogP contribution in [0.3, 0.4) is 0 Å². The van der Waals surface area contributed by atoms with Crippen molar-refractivity contribution in [2.75, 3.05) is 0 Å². The van der Waals surface area contributed by atoms with Crippen molar-refractivity contribution in [2.45, 2.75) is 6.42 Å². The lowest BCUT2D eigenvalue weighted by molar-refractivity contribution is 1.06. The summed E-state index contributed by atoms with van der Waals surface area (Å²) in [6, 6.07) is 58.9. The van der Waals surface area contributed by atoms with Crippen molar-refractivity contribution in [1.82, 2.24) is 19.9 Å². The van der Waals surface area contributed by atoms with Crippen LogP contribution in [0.4, 0.5) is 0 Å². The van der Waals surface area contributed by atoms with E-state index in [1.807, 2.05) is 72.8 Å². The fourth-order valence-corrected chi connectivity index (χ4v) is 6.85. The number of benzene rings is 6. The van der Waals surface area contributed by atoms with E-state index in [9.17, 15) is 0 Å². The van der Waals surface area contributed by atoms with Gasteiger partial charge in [-0.15, -0.1) is 0 Å². The molecule has 0 spiro atoms. The van der Waals surface area contributed by atoms with Gasteiger partial charge in [-0.25, -0.2) is 19.9 Å². The van der Waals surface area contributed by atoms with Gasteiger partial charge in [0.05, 0.1) is 5.69 Å². The Labute approximate surface area is 285 Å². The molecule has 6 aromatic carbocycles. The molecular formula is C45H30N4. The summed E-state index contributed by atoms with van der Waals surface area (Å²) in [5.74, 6) is 1.79. The average Bonchev–Trinajstić information content (AvgIpc) is 3.58. The number of hydrogen-bond donors (Lipinski definition) is 0. The van der Waals surface area contributed by atoms with Crippen LogP contribution in [0.5, 0.6) is 0 Å². The summed E-state index contributed by atoms with van der Waals surface area (Å²) < 4.78 is 0. The normalized spacial score (nSPS) is 11.6. The standard InChI is InChI=1S/C45H30N4/c1-4-13-30(14-5-1)31-25-27-32(28-26-31)35-19-10-20-36-37-21-11-22-38(40(37)29-39(35)36)41-23-12-24-42(46-41)45-48-43(33-15-6-2-7-16-33)47-44(49-45)34-17-8-3-9-18-34/h1-28H,29H2. The Balaban J connectivity index is 1.09. The molecule has 1 aliphatic rings. The van der Waals surface area contributed by atoms with Crippen LogP contribution < -0.4 is 0 Å². The molecule has 230 valence electrons. The molecule has 0 N–H and O–H groups in total. The largest absolute Gasteiger partial charge is 0.244 e. The monoisotopic (exact) mass is 626 g/mol. The summed E-state index contributed by atoms with van der Waals surface area (Å²) in [6.45, 7) is 0. The molecule has 4 heteroatoms. The fraction of sp³-hybridized carbons (Fsp3) is 0.0222. The van der Waals surface area contributed by atoms with Crippen LogP contribution in [0.1, 0.15) is 11.1 Å². The third-order valence-electron chi connectivity index (χ3n) is 9.25. The smallest absolute Gasteiger partial charge is 0.182 e. The van der Waals surface area contributed by atoms with Gasteiger partial charge in [-0.1, -0.05) is 158 Å². The molecule has 49 heavy (non-hydrogen) atoms. The number of pyridine rings is 1. The topological polar surface area (TPSA) is 51.6 Å². The lowest BCUT2D eigenvalue weighted by atomic mass is 9.94. The summed E-state index contributed by atoms with van der Waals surface area (Å²) in [5, 5.41) is 0. The second-order valence-corrected chi connectivity index (χ2v) is 12.2. The maximum Gasteiger partial charge on any atom is 0.182 e. The highest BCUT2D eigenvalue weighted by Crippen LogP contribution is 2.45. The maximum atomic E-state index is 5.19. The van der Waals surface area contributed by atoms with Crippen molar-refractivity contribution in [3.8, 4) is 78.9 Å². The predicted molar refractivity (Wildman–Crippen MR) is 198 cm³/mol. The van der Waals surface area contributed by atoms with Gasteiger partial charge in [0.2, 0.25) is 0 Å². The van der Waals surface area contributed by atoms with Gasteiger partial charge < -0.3 is 0 Å². The van der Waals surface area contributed by atoms with Crippen LogP contribution in [0.15, 0.2) is 170 Å². The van der Waals surface area contributed by atoms with Crippen LogP contribution in [0, 0.1) is 0 Å². The van der Waals surface area contributed by atoms with Crippen LogP contribution in [-0.2, 0) is 6.42 Å². The number of fused-ring (bicyclic) bond motifs is 3. The highest BCUT2D eigenvalue weighted by atomic mass is 15.0. The molecule has 4 nitrogen and oxygen atoms in total. The number of nitrogens with zero attached hydrogens (tertiary/aromatic N) is 4. The van der Waals surface area contributed by atoms with Crippen molar-refractivity contribution in [2.24, 2.45) is 0 Å². The summed E-state index contributed by atoms with van der Waals surface area (Å²) in [4.78, 5) is 19.9. The SMILES string of the molecule is c1ccc(-c2ccc(-c3cccc4c3Cc3c(-c5cccc(-c6nc(-c7ccccc7)nc(-c7ccccc7)n6)n5)cccc3-4)cc2)cc1. The van der Waals surface area contributed by atoms with Crippen molar-refractivity contribution in [1.29, 1.82) is 0 Å². The zero-order valence-corrected chi connectivity index (χ0v) is 26.7.